The van der Waals surface area contributed by atoms with E-state index in [2.05, 4.69) is 0 Å². The number of carbonyl (C=O) groups is 3. The molecule has 2 aromatic rings. The van der Waals surface area contributed by atoms with Crippen LogP contribution in [-0.2, 0) is 37.1 Å². The van der Waals surface area contributed by atoms with Crippen LogP contribution in [0.25, 0.3) is 0 Å². The standard InChI is InChI=1S/C26H28N2O5S/c1-2-19-20-13-21(34-22(27)14-23(29)32-15-17-9-5-3-6-10-17)24(28(20)25(19)30)26(31)33-16-18-11-7-4-8-12-18/h3-12,19-20,22H,2,13-16,27H2,1H3. The average molecular weight is 481 g/mol. The first-order chi connectivity index (χ1) is 16.5. The summed E-state index contributed by atoms with van der Waals surface area (Å²) in [4.78, 5) is 40.2. The predicted molar refractivity (Wildman–Crippen MR) is 129 cm³/mol. The van der Waals surface area contributed by atoms with E-state index in [4.69, 9.17) is 15.2 Å². The van der Waals surface area contributed by atoms with Crippen LogP contribution in [0, 0.1) is 5.92 Å². The number of hydrogen-bond donors (Lipinski definition) is 1. The normalized spacial score (nSPS) is 19.9. The van der Waals surface area contributed by atoms with Crippen LogP contribution >= 0.6 is 11.8 Å². The van der Waals surface area contributed by atoms with Gasteiger partial charge in [-0.15, -0.1) is 11.8 Å². The van der Waals surface area contributed by atoms with E-state index in [0.717, 1.165) is 11.1 Å². The van der Waals surface area contributed by atoms with Crippen molar-refractivity contribution in [3.63, 3.8) is 0 Å². The summed E-state index contributed by atoms with van der Waals surface area (Å²) in [6, 6.07) is 18.7. The molecule has 0 spiro atoms. The van der Waals surface area contributed by atoms with Gasteiger partial charge in [-0.2, -0.15) is 0 Å². The van der Waals surface area contributed by atoms with E-state index >= 15 is 0 Å². The minimum absolute atomic E-state index is 0.0108. The average Bonchev–Trinajstić information content (AvgIpc) is 3.17. The van der Waals surface area contributed by atoms with Gasteiger partial charge < -0.3 is 20.1 Å². The quantitative estimate of drug-likeness (QED) is 0.314. The Morgan fingerprint density at radius 3 is 2.21 bits per heavy atom. The second kappa shape index (κ2) is 10.9. The zero-order valence-electron chi connectivity index (χ0n) is 19.0. The summed E-state index contributed by atoms with van der Waals surface area (Å²) in [5.74, 6) is -1.13. The molecule has 0 aromatic heterocycles. The first-order valence-corrected chi connectivity index (χ1v) is 12.2. The van der Waals surface area contributed by atoms with Crippen molar-refractivity contribution in [3.8, 4) is 0 Å². The number of rotatable bonds is 10. The first-order valence-electron chi connectivity index (χ1n) is 11.4. The number of β-lactam (4-membered cyclic amide) rings is 1. The first kappa shape index (κ1) is 24.0. The van der Waals surface area contributed by atoms with Gasteiger partial charge >= 0.3 is 11.9 Å². The highest BCUT2D eigenvalue weighted by atomic mass is 32.2. The Labute approximate surface area is 203 Å². The Bertz CT molecular complexity index is 1070. The van der Waals surface area contributed by atoms with Crippen molar-refractivity contribution in [1.82, 2.24) is 4.90 Å². The van der Waals surface area contributed by atoms with E-state index in [0.29, 0.717) is 17.7 Å². The Hall–Kier alpha value is -3.10. The van der Waals surface area contributed by atoms with Gasteiger partial charge in [0.2, 0.25) is 5.91 Å². The van der Waals surface area contributed by atoms with Gasteiger partial charge in [0.1, 0.15) is 18.9 Å². The van der Waals surface area contributed by atoms with Crippen molar-refractivity contribution in [1.29, 1.82) is 0 Å². The molecule has 2 aromatic carbocycles. The lowest BCUT2D eigenvalue weighted by atomic mass is 9.85. The molecule has 178 valence electrons. The third-order valence-corrected chi connectivity index (χ3v) is 7.11. The fraction of sp³-hybridized carbons (Fsp3) is 0.346. The number of amides is 1. The summed E-state index contributed by atoms with van der Waals surface area (Å²) in [5.41, 5.74) is 8.25. The second-order valence-electron chi connectivity index (χ2n) is 8.33. The number of thioether (sulfide) groups is 1. The van der Waals surface area contributed by atoms with Gasteiger partial charge in [-0.25, -0.2) is 4.79 Å². The van der Waals surface area contributed by atoms with E-state index in [1.807, 2.05) is 67.6 Å². The van der Waals surface area contributed by atoms with Crippen LogP contribution < -0.4 is 5.73 Å². The molecule has 1 fully saturated rings. The molecule has 3 atom stereocenters. The van der Waals surface area contributed by atoms with E-state index in [9.17, 15) is 14.4 Å². The van der Waals surface area contributed by atoms with Gasteiger partial charge in [0.05, 0.1) is 23.8 Å². The minimum atomic E-state index is -0.607. The molecule has 2 aliphatic heterocycles. The summed E-state index contributed by atoms with van der Waals surface area (Å²) in [5, 5.41) is -0.607. The molecule has 0 bridgehead atoms. The van der Waals surface area contributed by atoms with Crippen LogP contribution in [0.5, 0.6) is 0 Å². The van der Waals surface area contributed by atoms with Gasteiger partial charge in [-0.3, -0.25) is 9.59 Å². The summed E-state index contributed by atoms with van der Waals surface area (Å²) >= 11 is 1.24. The fourth-order valence-electron chi connectivity index (χ4n) is 4.27. The highest BCUT2D eigenvalue weighted by Gasteiger charge is 2.54. The van der Waals surface area contributed by atoms with Crippen LogP contribution in [0.4, 0.5) is 0 Å². The number of ether oxygens (including phenoxy) is 2. The van der Waals surface area contributed by atoms with Gasteiger partial charge in [-0.05, 0) is 17.5 Å². The smallest absolute Gasteiger partial charge is 0.356 e. The summed E-state index contributed by atoms with van der Waals surface area (Å²) in [6.07, 6.45) is 1.24. The van der Waals surface area contributed by atoms with Crippen molar-refractivity contribution >= 4 is 29.6 Å². The van der Waals surface area contributed by atoms with E-state index < -0.39 is 17.3 Å². The predicted octanol–water partition coefficient (Wildman–Crippen LogP) is 3.73. The van der Waals surface area contributed by atoms with Crippen LogP contribution in [0.15, 0.2) is 71.3 Å². The fourth-order valence-corrected chi connectivity index (χ4v) is 5.42. The lowest BCUT2D eigenvalue weighted by Gasteiger charge is -2.43. The number of benzene rings is 2. The second-order valence-corrected chi connectivity index (χ2v) is 9.67. The molecule has 1 amide bonds. The van der Waals surface area contributed by atoms with Crippen LogP contribution in [-0.4, -0.2) is 34.2 Å². The van der Waals surface area contributed by atoms with Crippen molar-refractivity contribution in [2.45, 2.75) is 50.8 Å². The molecule has 0 radical (unpaired) electrons. The van der Waals surface area contributed by atoms with Gasteiger partial charge in [-0.1, -0.05) is 67.6 Å². The maximum atomic E-state index is 13.0. The highest BCUT2D eigenvalue weighted by Crippen LogP contribution is 2.48. The highest BCUT2D eigenvalue weighted by molar-refractivity contribution is 8.03. The van der Waals surface area contributed by atoms with Gasteiger partial charge in [0.25, 0.3) is 0 Å². The Balaban J connectivity index is 1.40. The molecular formula is C26H28N2O5S. The molecule has 2 N–H and O–H groups in total. The zero-order chi connectivity index (χ0) is 24.1. The summed E-state index contributed by atoms with van der Waals surface area (Å²) in [6.45, 7) is 2.26. The van der Waals surface area contributed by atoms with E-state index in [-0.39, 0.29) is 43.2 Å². The molecule has 0 saturated carbocycles. The molecule has 2 aliphatic rings. The topological polar surface area (TPSA) is 98.9 Å². The number of nitrogens with zero attached hydrogens (tertiary/aromatic N) is 1. The molecule has 3 unspecified atom stereocenters. The lowest BCUT2D eigenvalue weighted by molar-refractivity contribution is -0.157. The molecular weight excluding hydrogens is 452 g/mol. The summed E-state index contributed by atoms with van der Waals surface area (Å²) < 4.78 is 10.9. The largest absolute Gasteiger partial charge is 0.461 e. The van der Waals surface area contributed by atoms with Crippen LogP contribution in [0.2, 0.25) is 0 Å². The number of nitrogens with two attached hydrogens (primary N) is 1. The third kappa shape index (κ3) is 5.34. The number of fused-ring (bicyclic) bond motifs is 1. The number of esters is 2. The van der Waals surface area contributed by atoms with Crippen LogP contribution in [0.3, 0.4) is 0 Å². The van der Waals surface area contributed by atoms with Crippen LogP contribution in [0.1, 0.15) is 37.3 Å². The minimum Gasteiger partial charge on any atom is -0.461 e. The molecule has 7 nitrogen and oxygen atoms in total. The molecule has 2 heterocycles. The van der Waals surface area contributed by atoms with Crippen molar-refractivity contribution < 1.29 is 23.9 Å². The molecule has 4 rings (SSSR count). The number of hydrogen-bond acceptors (Lipinski definition) is 7. The van der Waals surface area contributed by atoms with Crippen molar-refractivity contribution in [3.05, 3.63) is 82.4 Å². The van der Waals surface area contributed by atoms with Gasteiger partial charge in [0.15, 0.2) is 0 Å². The summed E-state index contributed by atoms with van der Waals surface area (Å²) in [7, 11) is 0. The Morgan fingerprint density at radius 2 is 1.62 bits per heavy atom. The van der Waals surface area contributed by atoms with Crippen molar-refractivity contribution in [2.75, 3.05) is 0 Å². The monoisotopic (exact) mass is 480 g/mol. The van der Waals surface area contributed by atoms with Crippen molar-refractivity contribution in [2.24, 2.45) is 11.7 Å². The lowest BCUT2D eigenvalue weighted by Crippen LogP contribution is -2.58. The molecule has 8 heteroatoms. The molecule has 0 aliphatic carbocycles. The third-order valence-electron chi connectivity index (χ3n) is 6.00. The van der Waals surface area contributed by atoms with Gasteiger partial charge in [0, 0.05) is 11.3 Å². The molecule has 1 saturated heterocycles. The zero-order valence-corrected chi connectivity index (χ0v) is 19.8. The SMILES string of the molecule is CCC1C(=O)N2C(C(=O)OCc3ccccc3)=C(SC(N)CC(=O)OCc3ccccc3)CC12. The van der Waals surface area contributed by atoms with E-state index in [1.165, 1.54) is 11.8 Å². The molecule has 34 heavy (non-hydrogen) atoms. The van der Waals surface area contributed by atoms with E-state index in [1.54, 1.807) is 4.90 Å². The Morgan fingerprint density at radius 1 is 1.03 bits per heavy atom. The Kier molecular flexibility index (Phi) is 7.70. The number of carbonyl (C=O) groups excluding carboxylic acids is 3. The maximum Gasteiger partial charge on any atom is 0.356 e. The maximum absolute atomic E-state index is 13.0.